The highest BCUT2D eigenvalue weighted by atomic mass is 19.1. The molecule has 0 atom stereocenters. The Kier molecular flexibility index (Phi) is 3.02. The van der Waals surface area contributed by atoms with Crippen LogP contribution in [0.4, 0.5) is 4.39 Å². The summed E-state index contributed by atoms with van der Waals surface area (Å²) in [5, 5.41) is 0. The van der Waals surface area contributed by atoms with Crippen LogP contribution in [0.15, 0.2) is 30.4 Å². The first kappa shape index (κ1) is 10.4. The van der Waals surface area contributed by atoms with E-state index in [0.29, 0.717) is 5.57 Å². The summed E-state index contributed by atoms with van der Waals surface area (Å²) < 4.78 is 17.9. The van der Waals surface area contributed by atoms with E-state index in [0.717, 1.165) is 6.07 Å². The van der Waals surface area contributed by atoms with Crippen molar-refractivity contribution in [3.8, 4) is 5.75 Å². The molecule has 0 radical (unpaired) electrons. The number of carbonyl (C=O) groups excluding carboxylic acids is 1. The Hall–Kier alpha value is -1.64. The maximum absolute atomic E-state index is 13.2. The molecule has 0 N–H and O–H groups in total. The highest BCUT2D eigenvalue weighted by Crippen LogP contribution is 2.18. The van der Waals surface area contributed by atoms with Crippen molar-refractivity contribution in [2.24, 2.45) is 0 Å². The van der Waals surface area contributed by atoms with E-state index in [1.54, 1.807) is 6.92 Å². The maximum atomic E-state index is 13.2. The Bertz CT molecular complexity index is 383. The van der Waals surface area contributed by atoms with Crippen molar-refractivity contribution in [2.45, 2.75) is 6.92 Å². The Morgan fingerprint density at radius 1 is 1.50 bits per heavy atom. The zero-order valence-electron chi connectivity index (χ0n) is 8.13. The van der Waals surface area contributed by atoms with Gasteiger partial charge in [-0.05, 0) is 30.7 Å². The van der Waals surface area contributed by atoms with Crippen molar-refractivity contribution >= 4 is 5.78 Å². The maximum Gasteiger partial charge on any atom is 0.188 e. The zero-order chi connectivity index (χ0) is 10.7. The number of hydrogen-bond donors (Lipinski definition) is 0. The van der Waals surface area contributed by atoms with E-state index < -0.39 is 5.82 Å². The lowest BCUT2D eigenvalue weighted by Crippen LogP contribution is -2.00. The van der Waals surface area contributed by atoms with E-state index in [1.807, 2.05) is 0 Å². The molecule has 0 aliphatic carbocycles. The number of ketones is 1. The fourth-order valence-corrected chi connectivity index (χ4v) is 1.05. The number of carbonyl (C=O) groups is 1. The van der Waals surface area contributed by atoms with Crippen LogP contribution in [0.3, 0.4) is 0 Å². The van der Waals surface area contributed by atoms with Gasteiger partial charge in [0, 0.05) is 5.56 Å². The van der Waals surface area contributed by atoms with E-state index in [2.05, 4.69) is 6.58 Å². The van der Waals surface area contributed by atoms with Gasteiger partial charge in [-0.25, -0.2) is 4.39 Å². The highest BCUT2D eigenvalue weighted by Gasteiger charge is 2.09. The summed E-state index contributed by atoms with van der Waals surface area (Å²) in [6.45, 7) is 5.09. The fraction of sp³-hybridized carbons (Fsp3) is 0.182. The first-order chi connectivity index (χ1) is 6.56. The summed E-state index contributed by atoms with van der Waals surface area (Å²) in [6, 6.07) is 4.08. The Morgan fingerprint density at radius 3 is 2.57 bits per heavy atom. The second-order valence-electron chi connectivity index (χ2n) is 2.96. The van der Waals surface area contributed by atoms with Crippen LogP contribution in [0.5, 0.6) is 5.75 Å². The third kappa shape index (κ3) is 1.99. The molecule has 1 rings (SSSR count). The van der Waals surface area contributed by atoms with Gasteiger partial charge in [0.2, 0.25) is 0 Å². The monoisotopic (exact) mass is 194 g/mol. The Morgan fingerprint density at radius 2 is 2.14 bits per heavy atom. The predicted molar refractivity (Wildman–Crippen MR) is 52.1 cm³/mol. The average Bonchev–Trinajstić information content (AvgIpc) is 2.16. The van der Waals surface area contributed by atoms with Crippen molar-refractivity contribution in [1.82, 2.24) is 0 Å². The summed E-state index contributed by atoms with van der Waals surface area (Å²) >= 11 is 0. The van der Waals surface area contributed by atoms with Gasteiger partial charge in [0.1, 0.15) is 0 Å². The highest BCUT2D eigenvalue weighted by molar-refractivity contribution is 6.07. The molecule has 0 saturated carbocycles. The largest absolute Gasteiger partial charge is 0.494 e. The van der Waals surface area contributed by atoms with E-state index in [9.17, 15) is 9.18 Å². The number of ether oxygens (including phenoxy) is 1. The van der Waals surface area contributed by atoms with Gasteiger partial charge < -0.3 is 4.74 Å². The molecule has 0 aromatic heterocycles. The molecule has 0 aliphatic rings. The van der Waals surface area contributed by atoms with Gasteiger partial charge >= 0.3 is 0 Å². The van der Waals surface area contributed by atoms with Gasteiger partial charge in [0.05, 0.1) is 7.11 Å². The molecular formula is C11H11FO2. The normalized spacial score (nSPS) is 9.64. The second kappa shape index (κ2) is 4.05. The average molecular weight is 194 g/mol. The molecule has 0 unspecified atom stereocenters. The molecule has 0 heterocycles. The van der Waals surface area contributed by atoms with Crippen molar-refractivity contribution in [2.75, 3.05) is 7.11 Å². The number of Topliss-reactive ketones (excluding diaryl/α,β-unsaturated/α-hetero) is 1. The van der Waals surface area contributed by atoms with E-state index in [-0.39, 0.29) is 17.1 Å². The third-order valence-electron chi connectivity index (χ3n) is 1.80. The van der Waals surface area contributed by atoms with Crippen molar-refractivity contribution < 1.29 is 13.9 Å². The number of halogens is 1. The minimum absolute atomic E-state index is 0.128. The smallest absolute Gasteiger partial charge is 0.188 e. The molecule has 0 amide bonds. The number of allylic oxidation sites excluding steroid dienone is 1. The van der Waals surface area contributed by atoms with Crippen molar-refractivity contribution in [1.29, 1.82) is 0 Å². The van der Waals surface area contributed by atoms with Crippen LogP contribution in [0, 0.1) is 5.82 Å². The second-order valence-corrected chi connectivity index (χ2v) is 2.96. The lowest BCUT2D eigenvalue weighted by molar-refractivity contribution is 0.103. The number of benzene rings is 1. The summed E-state index contributed by atoms with van der Waals surface area (Å²) in [7, 11) is 1.37. The molecule has 1 aromatic carbocycles. The fourth-order valence-electron chi connectivity index (χ4n) is 1.05. The van der Waals surface area contributed by atoms with Crippen LogP contribution >= 0.6 is 0 Å². The SMILES string of the molecule is C=C(C)C(=O)c1ccc(OC)c(F)c1. The van der Waals surface area contributed by atoms with Crippen LogP contribution in [0.1, 0.15) is 17.3 Å². The van der Waals surface area contributed by atoms with E-state index >= 15 is 0 Å². The minimum Gasteiger partial charge on any atom is -0.494 e. The van der Waals surface area contributed by atoms with Gasteiger partial charge in [0.25, 0.3) is 0 Å². The Labute approximate surface area is 82.0 Å². The van der Waals surface area contributed by atoms with Crippen LogP contribution in [-0.2, 0) is 0 Å². The zero-order valence-corrected chi connectivity index (χ0v) is 8.13. The summed E-state index contributed by atoms with van der Waals surface area (Å²) in [5.41, 5.74) is 0.672. The number of methoxy groups -OCH3 is 1. The van der Waals surface area contributed by atoms with Gasteiger partial charge in [-0.1, -0.05) is 6.58 Å². The molecule has 1 aromatic rings. The molecule has 0 fully saturated rings. The number of hydrogen-bond acceptors (Lipinski definition) is 2. The minimum atomic E-state index is -0.542. The standard InChI is InChI=1S/C11H11FO2/c1-7(2)11(13)8-4-5-10(14-3)9(12)6-8/h4-6H,1H2,2-3H3. The lowest BCUT2D eigenvalue weighted by atomic mass is 10.1. The summed E-state index contributed by atoms with van der Waals surface area (Å²) in [5.74, 6) is -0.672. The lowest BCUT2D eigenvalue weighted by Gasteiger charge is -2.03. The summed E-state index contributed by atoms with van der Waals surface area (Å²) in [6.07, 6.45) is 0. The first-order valence-electron chi connectivity index (χ1n) is 4.10. The van der Waals surface area contributed by atoms with E-state index in [1.165, 1.54) is 19.2 Å². The van der Waals surface area contributed by atoms with Gasteiger partial charge in [-0.15, -0.1) is 0 Å². The van der Waals surface area contributed by atoms with Gasteiger partial charge in [0.15, 0.2) is 17.3 Å². The van der Waals surface area contributed by atoms with Gasteiger partial charge in [-0.2, -0.15) is 0 Å². The number of rotatable bonds is 3. The molecule has 14 heavy (non-hydrogen) atoms. The molecule has 2 nitrogen and oxygen atoms in total. The predicted octanol–water partition coefficient (Wildman–Crippen LogP) is 2.59. The molecular weight excluding hydrogens is 183 g/mol. The van der Waals surface area contributed by atoms with Crippen LogP contribution in [0.25, 0.3) is 0 Å². The molecule has 0 saturated heterocycles. The van der Waals surface area contributed by atoms with Crippen LogP contribution < -0.4 is 4.74 Å². The van der Waals surface area contributed by atoms with E-state index in [4.69, 9.17) is 4.74 Å². The summed E-state index contributed by atoms with van der Waals surface area (Å²) in [4.78, 5) is 11.4. The molecule has 0 spiro atoms. The third-order valence-corrected chi connectivity index (χ3v) is 1.80. The topological polar surface area (TPSA) is 26.3 Å². The van der Waals surface area contributed by atoms with Crippen LogP contribution in [0.2, 0.25) is 0 Å². The van der Waals surface area contributed by atoms with Crippen LogP contribution in [-0.4, -0.2) is 12.9 Å². The molecule has 3 heteroatoms. The quantitative estimate of drug-likeness (QED) is 0.546. The van der Waals surface area contributed by atoms with Crippen molar-refractivity contribution in [3.05, 3.63) is 41.7 Å². The molecule has 0 bridgehead atoms. The molecule has 74 valence electrons. The first-order valence-corrected chi connectivity index (χ1v) is 4.10. The van der Waals surface area contributed by atoms with Crippen molar-refractivity contribution in [3.63, 3.8) is 0 Å². The van der Waals surface area contributed by atoms with Gasteiger partial charge in [-0.3, -0.25) is 4.79 Å². The molecule has 0 aliphatic heterocycles. The Balaban J connectivity index is 3.09.